The standard InChI is InChI=1S/C14H18N4O/c1-2-18-7-3-4-12-13(18)10-8-9(14(19)17-15)5-6-11(10)16-12/h5-6,8,16H,2-4,7,15H2,1H3,(H,17,19). The van der Waals surface area contributed by atoms with Gasteiger partial charge in [-0.05, 0) is 38.0 Å². The molecule has 0 atom stereocenters. The molecule has 5 heteroatoms. The molecule has 0 fully saturated rings. The Labute approximate surface area is 111 Å². The predicted octanol–water partition coefficient (Wildman–Crippen LogP) is 1.54. The Kier molecular flexibility index (Phi) is 2.91. The zero-order chi connectivity index (χ0) is 13.4. The van der Waals surface area contributed by atoms with Gasteiger partial charge in [0, 0.05) is 35.2 Å². The van der Waals surface area contributed by atoms with Gasteiger partial charge in [0.15, 0.2) is 0 Å². The van der Waals surface area contributed by atoms with Gasteiger partial charge >= 0.3 is 0 Å². The fourth-order valence-electron chi connectivity index (χ4n) is 2.87. The first kappa shape index (κ1) is 12.0. The fourth-order valence-corrected chi connectivity index (χ4v) is 2.87. The molecule has 3 rings (SSSR count). The highest BCUT2D eigenvalue weighted by molar-refractivity contribution is 6.02. The van der Waals surface area contributed by atoms with Crippen molar-refractivity contribution in [1.29, 1.82) is 0 Å². The number of nitrogens with one attached hydrogen (secondary N) is 2. The van der Waals surface area contributed by atoms with Crippen molar-refractivity contribution in [3.63, 3.8) is 0 Å². The van der Waals surface area contributed by atoms with Gasteiger partial charge in [-0.15, -0.1) is 0 Å². The van der Waals surface area contributed by atoms with Crippen LogP contribution in [0.3, 0.4) is 0 Å². The first-order chi connectivity index (χ1) is 9.24. The summed E-state index contributed by atoms with van der Waals surface area (Å²) in [7, 11) is 0. The fraction of sp³-hybridized carbons (Fsp3) is 0.357. The molecule has 5 nitrogen and oxygen atoms in total. The SMILES string of the molecule is CCN1CCCc2[nH]c3ccc(C(=O)NN)cc3c21. The van der Waals surface area contributed by atoms with Gasteiger partial charge in [-0.25, -0.2) is 5.84 Å². The second-order valence-corrected chi connectivity index (χ2v) is 4.87. The summed E-state index contributed by atoms with van der Waals surface area (Å²) in [4.78, 5) is 17.5. The summed E-state index contributed by atoms with van der Waals surface area (Å²) in [5.41, 5.74) is 6.38. The maximum Gasteiger partial charge on any atom is 0.265 e. The third kappa shape index (κ3) is 1.86. The molecule has 100 valence electrons. The van der Waals surface area contributed by atoms with Crippen LogP contribution in [0.25, 0.3) is 10.9 Å². The van der Waals surface area contributed by atoms with Crippen LogP contribution in [0.1, 0.15) is 29.4 Å². The second-order valence-electron chi connectivity index (χ2n) is 4.87. The lowest BCUT2D eigenvalue weighted by molar-refractivity contribution is 0.0954. The van der Waals surface area contributed by atoms with E-state index in [2.05, 4.69) is 22.2 Å². The van der Waals surface area contributed by atoms with E-state index in [1.165, 1.54) is 17.8 Å². The zero-order valence-corrected chi connectivity index (χ0v) is 11.0. The molecule has 4 N–H and O–H groups in total. The Balaban J connectivity index is 2.18. The molecule has 1 amide bonds. The lowest BCUT2D eigenvalue weighted by Gasteiger charge is -2.28. The van der Waals surface area contributed by atoms with E-state index in [4.69, 9.17) is 5.84 Å². The number of nitrogens with zero attached hydrogens (tertiary/aromatic N) is 1. The van der Waals surface area contributed by atoms with Gasteiger partial charge in [-0.1, -0.05) is 0 Å². The second kappa shape index (κ2) is 4.59. The number of aryl methyl sites for hydroxylation is 1. The highest BCUT2D eigenvalue weighted by Gasteiger charge is 2.21. The highest BCUT2D eigenvalue weighted by Crippen LogP contribution is 2.35. The average Bonchev–Trinajstić information content (AvgIpc) is 2.83. The normalized spacial score (nSPS) is 14.5. The summed E-state index contributed by atoms with van der Waals surface area (Å²) in [6, 6.07) is 5.66. The van der Waals surface area contributed by atoms with Crippen molar-refractivity contribution in [3.8, 4) is 0 Å². The molecule has 0 saturated heterocycles. The number of rotatable bonds is 2. The van der Waals surface area contributed by atoms with Gasteiger partial charge in [-0.3, -0.25) is 10.2 Å². The van der Waals surface area contributed by atoms with Crippen LogP contribution in [0.2, 0.25) is 0 Å². The number of nitrogens with two attached hydrogens (primary N) is 1. The number of aromatic nitrogens is 1. The van der Waals surface area contributed by atoms with Crippen molar-refractivity contribution in [2.24, 2.45) is 5.84 Å². The minimum Gasteiger partial charge on any atom is -0.370 e. The molecule has 1 aromatic heterocycles. The molecule has 0 spiro atoms. The molecule has 2 heterocycles. The Morgan fingerprint density at radius 2 is 2.37 bits per heavy atom. The van der Waals surface area contributed by atoms with Gasteiger partial charge in [0.1, 0.15) is 0 Å². The number of fused-ring (bicyclic) bond motifs is 3. The molecule has 0 aliphatic carbocycles. The van der Waals surface area contributed by atoms with Crippen LogP contribution < -0.4 is 16.2 Å². The van der Waals surface area contributed by atoms with Crippen LogP contribution in [0, 0.1) is 0 Å². The molecule has 1 aliphatic rings. The maximum atomic E-state index is 11.6. The molecule has 19 heavy (non-hydrogen) atoms. The summed E-state index contributed by atoms with van der Waals surface area (Å²) >= 11 is 0. The van der Waals surface area contributed by atoms with Crippen LogP contribution in [0.15, 0.2) is 18.2 Å². The maximum absolute atomic E-state index is 11.6. The van der Waals surface area contributed by atoms with Crippen molar-refractivity contribution in [1.82, 2.24) is 10.4 Å². The number of carbonyl (C=O) groups is 1. The summed E-state index contributed by atoms with van der Waals surface area (Å²) in [5.74, 6) is 4.94. The third-order valence-electron chi connectivity index (χ3n) is 3.79. The summed E-state index contributed by atoms with van der Waals surface area (Å²) in [6.07, 6.45) is 2.24. The smallest absolute Gasteiger partial charge is 0.265 e. The van der Waals surface area contributed by atoms with Gasteiger partial charge in [0.2, 0.25) is 0 Å². The Morgan fingerprint density at radius 1 is 1.53 bits per heavy atom. The largest absolute Gasteiger partial charge is 0.370 e. The lowest BCUT2D eigenvalue weighted by atomic mass is 10.1. The van der Waals surface area contributed by atoms with E-state index >= 15 is 0 Å². The van der Waals surface area contributed by atoms with E-state index in [9.17, 15) is 4.79 Å². The highest BCUT2D eigenvalue weighted by atomic mass is 16.2. The number of aromatic amines is 1. The summed E-state index contributed by atoms with van der Waals surface area (Å²) < 4.78 is 0. The monoisotopic (exact) mass is 258 g/mol. The van der Waals surface area contributed by atoms with E-state index in [1.54, 1.807) is 6.07 Å². The van der Waals surface area contributed by atoms with Crippen molar-refractivity contribution in [3.05, 3.63) is 29.5 Å². The first-order valence-corrected chi connectivity index (χ1v) is 6.65. The molecule has 0 unspecified atom stereocenters. The first-order valence-electron chi connectivity index (χ1n) is 6.65. The molecule has 2 aromatic rings. The number of hydrazine groups is 1. The number of H-pyrrole nitrogens is 1. The number of carbonyl (C=O) groups excluding carboxylic acids is 1. The number of anilines is 1. The van der Waals surface area contributed by atoms with Gasteiger partial charge in [0.25, 0.3) is 5.91 Å². The van der Waals surface area contributed by atoms with Crippen LogP contribution in [-0.2, 0) is 6.42 Å². The van der Waals surface area contributed by atoms with Gasteiger partial charge < -0.3 is 9.88 Å². The average molecular weight is 258 g/mol. The summed E-state index contributed by atoms with van der Waals surface area (Å²) in [6.45, 7) is 4.21. The Morgan fingerprint density at radius 3 is 3.11 bits per heavy atom. The van der Waals surface area contributed by atoms with E-state index in [0.29, 0.717) is 5.56 Å². The van der Waals surface area contributed by atoms with E-state index in [-0.39, 0.29) is 5.91 Å². The molecule has 0 radical (unpaired) electrons. The number of amides is 1. The quantitative estimate of drug-likeness (QED) is 0.434. The van der Waals surface area contributed by atoms with Crippen LogP contribution >= 0.6 is 0 Å². The number of nitrogen functional groups attached to an aromatic ring is 1. The van der Waals surface area contributed by atoms with Crippen molar-refractivity contribution in [2.75, 3.05) is 18.0 Å². The van der Waals surface area contributed by atoms with E-state index < -0.39 is 0 Å². The topological polar surface area (TPSA) is 74.2 Å². The number of hydrogen-bond acceptors (Lipinski definition) is 3. The Bertz CT molecular complexity index is 632. The third-order valence-corrected chi connectivity index (χ3v) is 3.79. The number of benzene rings is 1. The number of hydrogen-bond donors (Lipinski definition) is 3. The minimum absolute atomic E-state index is 0.254. The molecule has 0 bridgehead atoms. The van der Waals surface area contributed by atoms with Crippen LogP contribution in [-0.4, -0.2) is 24.0 Å². The van der Waals surface area contributed by atoms with Crippen molar-refractivity contribution in [2.45, 2.75) is 19.8 Å². The lowest BCUT2D eigenvalue weighted by Crippen LogP contribution is -2.30. The van der Waals surface area contributed by atoms with Gasteiger partial charge in [-0.2, -0.15) is 0 Å². The zero-order valence-electron chi connectivity index (χ0n) is 11.0. The minimum atomic E-state index is -0.254. The molecular weight excluding hydrogens is 240 g/mol. The van der Waals surface area contributed by atoms with Gasteiger partial charge in [0.05, 0.1) is 5.69 Å². The molecule has 1 aromatic carbocycles. The van der Waals surface area contributed by atoms with Crippen LogP contribution in [0.4, 0.5) is 5.69 Å². The summed E-state index contributed by atoms with van der Waals surface area (Å²) in [5, 5.41) is 1.11. The van der Waals surface area contributed by atoms with E-state index in [0.717, 1.165) is 30.4 Å². The van der Waals surface area contributed by atoms with Crippen LogP contribution in [0.5, 0.6) is 0 Å². The molecule has 0 saturated carbocycles. The van der Waals surface area contributed by atoms with Crippen molar-refractivity contribution < 1.29 is 4.79 Å². The predicted molar refractivity (Wildman–Crippen MR) is 76.2 cm³/mol. The van der Waals surface area contributed by atoms with Crippen molar-refractivity contribution >= 4 is 22.5 Å². The molecular formula is C14H18N4O. The van der Waals surface area contributed by atoms with E-state index in [1.807, 2.05) is 12.1 Å². The molecule has 1 aliphatic heterocycles. The Hall–Kier alpha value is -2.01.